The van der Waals surface area contributed by atoms with Crippen molar-refractivity contribution in [1.82, 2.24) is 15.0 Å². The number of benzene rings is 2. The summed E-state index contributed by atoms with van der Waals surface area (Å²) < 4.78 is 0. The molecular weight excluding hydrogens is 378 g/mol. The van der Waals surface area contributed by atoms with Crippen molar-refractivity contribution < 1.29 is 0 Å². The molecule has 3 nitrogen and oxygen atoms in total. The Hall–Kier alpha value is -4.11. The third-order valence-electron chi connectivity index (χ3n) is 5.95. The van der Waals surface area contributed by atoms with Gasteiger partial charge in [0.05, 0.1) is 0 Å². The van der Waals surface area contributed by atoms with Crippen LogP contribution < -0.4 is 0 Å². The molecule has 0 spiro atoms. The molecule has 3 heteroatoms. The SMILES string of the molecule is C1=C(c2ccncc2)Cc2cc(-c3ccncc3)cc3cc(-c4ccncc4)cc1c23. The highest BCUT2D eigenvalue weighted by molar-refractivity contribution is 6.05. The van der Waals surface area contributed by atoms with E-state index in [2.05, 4.69) is 81.7 Å². The van der Waals surface area contributed by atoms with Gasteiger partial charge < -0.3 is 0 Å². The van der Waals surface area contributed by atoms with Crippen LogP contribution in [0, 0.1) is 0 Å². The smallest absolute Gasteiger partial charge is 0.0273 e. The van der Waals surface area contributed by atoms with Crippen molar-refractivity contribution in [2.45, 2.75) is 6.42 Å². The van der Waals surface area contributed by atoms with Gasteiger partial charge >= 0.3 is 0 Å². The molecule has 0 radical (unpaired) electrons. The van der Waals surface area contributed by atoms with E-state index in [1.54, 1.807) is 0 Å². The normalized spacial score (nSPS) is 12.6. The summed E-state index contributed by atoms with van der Waals surface area (Å²) in [4.78, 5) is 12.6. The van der Waals surface area contributed by atoms with Gasteiger partial charge in [-0.15, -0.1) is 0 Å². The zero-order valence-electron chi connectivity index (χ0n) is 16.9. The first kappa shape index (κ1) is 17.7. The first-order valence-electron chi connectivity index (χ1n) is 10.4. The third-order valence-corrected chi connectivity index (χ3v) is 5.95. The van der Waals surface area contributed by atoms with Gasteiger partial charge in [-0.2, -0.15) is 0 Å². The number of hydrogen-bond acceptors (Lipinski definition) is 3. The number of nitrogens with zero attached hydrogens (tertiary/aromatic N) is 3. The lowest BCUT2D eigenvalue weighted by Gasteiger charge is -2.21. The highest BCUT2D eigenvalue weighted by Gasteiger charge is 2.18. The van der Waals surface area contributed by atoms with Gasteiger partial charge in [0, 0.05) is 37.2 Å². The van der Waals surface area contributed by atoms with Crippen LogP contribution in [-0.2, 0) is 6.42 Å². The minimum atomic E-state index is 0.904. The average Bonchev–Trinajstić information content (AvgIpc) is 2.85. The summed E-state index contributed by atoms with van der Waals surface area (Å²) in [5, 5.41) is 2.60. The molecule has 3 heterocycles. The van der Waals surface area contributed by atoms with Crippen LogP contribution in [-0.4, -0.2) is 15.0 Å². The zero-order chi connectivity index (χ0) is 20.6. The molecule has 0 saturated carbocycles. The van der Waals surface area contributed by atoms with E-state index in [0.717, 1.165) is 6.42 Å². The van der Waals surface area contributed by atoms with E-state index in [1.165, 1.54) is 55.3 Å². The van der Waals surface area contributed by atoms with Gasteiger partial charge in [0.15, 0.2) is 0 Å². The van der Waals surface area contributed by atoms with Crippen LogP contribution in [0.2, 0.25) is 0 Å². The molecule has 31 heavy (non-hydrogen) atoms. The van der Waals surface area contributed by atoms with Crippen molar-refractivity contribution in [3.8, 4) is 22.3 Å². The van der Waals surface area contributed by atoms with Crippen molar-refractivity contribution >= 4 is 22.4 Å². The first-order chi connectivity index (χ1) is 15.3. The predicted octanol–water partition coefficient (Wildman–Crippen LogP) is 6.46. The first-order valence-corrected chi connectivity index (χ1v) is 10.4. The summed E-state index contributed by atoms with van der Waals surface area (Å²) in [5.41, 5.74) is 9.94. The van der Waals surface area contributed by atoms with Crippen LogP contribution in [0.1, 0.15) is 16.7 Å². The third kappa shape index (κ3) is 3.21. The monoisotopic (exact) mass is 397 g/mol. The Kier molecular flexibility index (Phi) is 4.17. The molecule has 3 aromatic heterocycles. The van der Waals surface area contributed by atoms with Crippen LogP contribution in [0.25, 0.3) is 44.7 Å². The number of aromatic nitrogens is 3. The quantitative estimate of drug-likeness (QED) is 0.351. The molecule has 0 N–H and O–H groups in total. The standard InChI is InChI=1S/C28H19N3/c1-7-29-8-2-19(1)22-13-25-15-23(20-3-9-30-10-4-20)17-27-18-24(16-26(14-22)28(25)27)21-5-11-31-12-6-21/h1-17H,18H2. The molecule has 0 aliphatic heterocycles. The van der Waals surface area contributed by atoms with E-state index >= 15 is 0 Å². The van der Waals surface area contributed by atoms with Gasteiger partial charge in [-0.3, -0.25) is 15.0 Å². The molecule has 0 bridgehead atoms. The number of pyridine rings is 3. The Morgan fingerprint density at radius 2 is 1.03 bits per heavy atom. The number of allylic oxidation sites excluding steroid dienone is 1. The Bertz CT molecular complexity index is 1420. The lowest BCUT2D eigenvalue weighted by molar-refractivity contribution is 1.26. The van der Waals surface area contributed by atoms with E-state index in [-0.39, 0.29) is 0 Å². The molecular formula is C28H19N3. The minimum Gasteiger partial charge on any atom is -0.265 e. The lowest BCUT2D eigenvalue weighted by atomic mass is 9.83. The van der Waals surface area contributed by atoms with Crippen molar-refractivity contribution in [2.24, 2.45) is 0 Å². The number of hydrogen-bond donors (Lipinski definition) is 0. The second-order valence-electron chi connectivity index (χ2n) is 7.85. The van der Waals surface area contributed by atoms with Crippen LogP contribution in [0.3, 0.4) is 0 Å². The Balaban J connectivity index is 1.62. The second kappa shape index (κ2) is 7.29. The Morgan fingerprint density at radius 1 is 0.516 bits per heavy atom. The fourth-order valence-corrected chi connectivity index (χ4v) is 4.51. The molecule has 146 valence electrons. The average molecular weight is 397 g/mol. The molecule has 0 unspecified atom stereocenters. The maximum Gasteiger partial charge on any atom is 0.0273 e. The summed E-state index contributed by atoms with van der Waals surface area (Å²) >= 11 is 0. The molecule has 1 aliphatic carbocycles. The van der Waals surface area contributed by atoms with Crippen molar-refractivity contribution in [3.63, 3.8) is 0 Å². The molecule has 0 atom stereocenters. The molecule has 5 aromatic rings. The van der Waals surface area contributed by atoms with E-state index in [4.69, 9.17) is 0 Å². The molecule has 6 rings (SSSR count). The summed E-state index contributed by atoms with van der Waals surface area (Å²) in [5.74, 6) is 0. The highest BCUT2D eigenvalue weighted by Crippen LogP contribution is 2.40. The van der Waals surface area contributed by atoms with Crippen molar-refractivity contribution in [3.05, 3.63) is 115 Å². The predicted molar refractivity (Wildman–Crippen MR) is 126 cm³/mol. The van der Waals surface area contributed by atoms with Crippen LogP contribution in [0.15, 0.2) is 97.8 Å². The van der Waals surface area contributed by atoms with Crippen LogP contribution >= 0.6 is 0 Å². The molecule has 1 aliphatic rings. The van der Waals surface area contributed by atoms with Gasteiger partial charge in [-0.05, 0) is 116 Å². The van der Waals surface area contributed by atoms with E-state index < -0.39 is 0 Å². The largest absolute Gasteiger partial charge is 0.265 e. The van der Waals surface area contributed by atoms with Crippen LogP contribution in [0.4, 0.5) is 0 Å². The topological polar surface area (TPSA) is 38.7 Å². The van der Waals surface area contributed by atoms with Crippen molar-refractivity contribution in [2.75, 3.05) is 0 Å². The fraction of sp³-hybridized carbons (Fsp3) is 0.0357. The van der Waals surface area contributed by atoms with E-state index in [9.17, 15) is 0 Å². The van der Waals surface area contributed by atoms with Crippen LogP contribution in [0.5, 0.6) is 0 Å². The van der Waals surface area contributed by atoms with Gasteiger partial charge in [-0.1, -0.05) is 12.1 Å². The summed E-state index contributed by atoms with van der Waals surface area (Å²) in [6, 6.07) is 21.7. The minimum absolute atomic E-state index is 0.904. The highest BCUT2D eigenvalue weighted by atomic mass is 14.6. The maximum atomic E-state index is 4.19. The zero-order valence-corrected chi connectivity index (χ0v) is 16.9. The fourth-order valence-electron chi connectivity index (χ4n) is 4.51. The second-order valence-corrected chi connectivity index (χ2v) is 7.85. The summed E-state index contributed by atoms with van der Waals surface area (Å²) in [6.07, 6.45) is 14.4. The number of rotatable bonds is 3. The van der Waals surface area contributed by atoms with Gasteiger partial charge in [-0.25, -0.2) is 0 Å². The lowest BCUT2D eigenvalue weighted by Crippen LogP contribution is -2.01. The van der Waals surface area contributed by atoms with Gasteiger partial charge in [0.2, 0.25) is 0 Å². The Labute approximate surface area is 180 Å². The summed E-state index contributed by atoms with van der Waals surface area (Å²) in [7, 11) is 0. The Morgan fingerprint density at radius 3 is 1.61 bits per heavy atom. The van der Waals surface area contributed by atoms with E-state index in [0.29, 0.717) is 0 Å². The maximum absolute atomic E-state index is 4.19. The van der Waals surface area contributed by atoms with Gasteiger partial charge in [0.25, 0.3) is 0 Å². The van der Waals surface area contributed by atoms with E-state index in [1.807, 2.05) is 37.2 Å². The molecule has 2 aromatic carbocycles. The molecule has 0 fully saturated rings. The molecule has 0 amide bonds. The molecule has 0 saturated heterocycles. The van der Waals surface area contributed by atoms with Gasteiger partial charge in [0.1, 0.15) is 0 Å². The summed E-state index contributed by atoms with van der Waals surface area (Å²) in [6.45, 7) is 0. The van der Waals surface area contributed by atoms with Crippen molar-refractivity contribution in [1.29, 1.82) is 0 Å².